The van der Waals surface area contributed by atoms with E-state index in [0.717, 1.165) is 25.7 Å². The van der Waals surface area contributed by atoms with Crippen LogP contribution < -0.4 is 0 Å². The van der Waals surface area contributed by atoms with Crippen LogP contribution in [0.2, 0.25) is 0 Å². The molecule has 0 aromatic heterocycles. The number of carbonyl (C=O) groups is 2. The molecule has 3 rings (SSSR count). The van der Waals surface area contributed by atoms with Crippen LogP contribution in [0.3, 0.4) is 0 Å². The molecule has 2 aromatic carbocycles. The lowest BCUT2D eigenvalue weighted by Gasteiger charge is -2.34. The summed E-state index contributed by atoms with van der Waals surface area (Å²) in [7, 11) is 0. The summed E-state index contributed by atoms with van der Waals surface area (Å²) in [5.74, 6) is 0.169. The molecule has 1 aliphatic carbocycles. The first-order valence-corrected chi connectivity index (χ1v) is 10.1. The molecule has 0 aliphatic heterocycles. The molecule has 0 radical (unpaired) electrons. The first kappa shape index (κ1) is 20.1. The van der Waals surface area contributed by atoms with E-state index in [1.54, 1.807) is 24.3 Å². The predicted molar refractivity (Wildman–Crippen MR) is 108 cm³/mol. The van der Waals surface area contributed by atoms with Crippen LogP contribution in [0, 0.1) is 11.8 Å². The summed E-state index contributed by atoms with van der Waals surface area (Å²) in [5.41, 5.74) is 1.17. The summed E-state index contributed by atoms with van der Waals surface area (Å²) in [6.45, 7) is 3.95. The Labute approximate surface area is 166 Å². The summed E-state index contributed by atoms with van der Waals surface area (Å²) in [4.78, 5) is 24.5. The number of ether oxygens (including phenoxy) is 2. The Bertz CT molecular complexity index is 696. The maximum absolute atomic E-state index is 12.2. The van der Waals surface area contributed by atoms with Gasteiger partial charge in [-0.25, -0.2) is 9.59 Å². The third-order valence-corrected chi connectivity index (χ3v) is 5.75. The van der Waals surface area contributed by atoms with Gasteiger partial charge in [-0.15, -0.1) is 0 Å². The first-order valence-electron chi connectivity index (χ1n) is 10.1. The summed E-state index contributed by atoms with van der Waals surface area (Å²) in [6, 6.07) is 18.2. The van der Waals surface area contributed by atoms with Crippen molar-refractivity contribution in [3.8, 4) is 0 Å². The average molecular weight is 380 g/mol. The van der Waals surface area contributed by atoms with E-state index in [0.29, 0.717) is 23.0 Å². The van der Waals surface area contributed by atoms with Gasteiger partial charge in [0.15, 0.2) is 0 Å². The zero-order chi connectivity index (χ0) is 19.9. The van der Waals surface area contributed by atoms with E-state index in [-0.39, 0.29) is 24.1 Å². The number of rotatable bonds is 6. The fraction of sp³-hybridized carbons (Fsp3) is 0.417. The monoisotopic (exact) mass is 380 g/mol. The highest BCUT2D eigenvalue weighted by molar-refractivity contribution is 5.89. The van der Waals surface area contributed by atoms with Gasteiger partial charge >= 0.3 is 11.9 Å². The molecule has 28 heavy (non-hydrogen) atoms. The van der Waals surface area contributed by atoms with Crippen LogP contribution in [0.15, 0.2) is 60.7 Å². The fourth-order valence-electron chi connectivity index (χ4n) is 3.90. The molecule has 0 saturated heterocycles. The van der Waals surface area contributed by atoms with Crippen LogP contribution in [0.4, 0.5) is 0 Å². The smallest absolute Gasteiger partial charge is 0.338 e. The molecule has 4 heteroatoms. The average Bonchev–Trinajstić information content (AvgIpc) is 2.75. The van der Waals surface area contributed by atoms with Gasteiger partial charge in [0.25, 0.3) is 0 Å². The number of carbonyl (C=O) groups excluding carboxylic acids is 2. The van der Waals surface area contributed by atoms with E-state index in [4.69, 9.17) is 9.47 Å². The zero-order valence-electron chi connectivity index (χ0n) is 16.5. The molecule has 0 heterocycles. The summed E-state index contributed by atoms with van der Waals surface area (Å²) < 4.78 is 11.3. The lowest BCUT2D eigenvalue weighted by molar-refractivity contribution is -0.00667. The van der Waals surface area contributed by atoms with Gasteiger partial charge in [-0.05, 0) is 75.6 Å². The molecule has 0 amide bonds. The summed E-state index contributed by atoms with van der Waals surface area (Å²) >= 11 is 0. The van der Waals surface area contributed by atoms with Gasteiger partial charge in [0, 0.05) is 0 Å². The van der Waals surface area contributed by atoms with Crippen molar-refractivity contribution in [1.29, 1.82) is 0 Å². The number of benzene rings is 2. The van der Waals surface area contributed by atoms with Crippen molar-refractivity contribution in [3.63, 3.8) is 0 Å². The molecule has 0 bridgehead atoms. The van der Waals surface area contributed by atoms with Crippen molar-refractivity contribution in [3.05, 3.63) is 71.8 Å². The highest BCUT2D eigenvalue weighted by atomic mass is 16.5. The molecule has 4 nitrogen and oxygen atoms in total. The Balaban J connectivity index is 1.46. The van der Waals surface area contributed by atoms with Gasteiger partial charge in [-0.3, -0.25) is 0 Å². The van der Waals surface area contributed by atoms with E-state index in [1.165, 1.54) is 0 Å². The predicted octanol–water partition coefficient (Wildman–Crippen LogP) is 5.28. The van der Waals surface area contributed by atoms with E-state index in [9.17, 15) is 9.59 Å². The minimum absolute atomic E-state index is 0.115. The second-order valence-electron chi connectivity index (χ2n) is 7.63. The molecular weight excluding hydrogens is 352 g/mol. The Morgan fingerprint density at radius 1 is 0.679 bits per heavy atom. The second-order valence-corrected chi connectivity index (χ2v) is 7.63. The van der Waals surface area contributed by atoms with Crippen LogP contribution in [0.1, 0.15) is 60.2 Å². The third-order valence-electron chi connectivity index (χ3n) is 5.75. The molecule has 1 fully saturated rings. The normalized spacial score (nSPS) is 21.4. The fourth-order valence-corrected chi connectivity index (χ4v) is 3.90. The molecule has 1 saturated carbocycles. The first-order chi connectivity index (χ1) is 13.5. The summed E-state index contributed by atoms with van der Waals surface area (Å²) in [5, 5.41) is 0. The zero-order valence-corrected chi connectivity index (χ0v) is 16.5. The topological polar surface area (TPSA) is 52.6 Å². The largest absolute Gasteiger partial charge is 0.459 e. The highest BCUT2D eigenvalue weighted by Gasteiger charge is 2.31. The van der Waals surface area contributed by atoms with Crippen LogP contribution in [-0.2, 0) is 9.47 Å². The van der Waals surface area contributed by atoms with Crippen LogP contribution in [0.25, 0.3) is 0 Å². The van der Waals surface area contributed by atoms with Crippen molar-refractivity contribution in [2.75, 3.05) is 0 Å². The van der Waals surface area contributed by atoms with E-state index in [2.05, 4.69) is 0 Å². The van der Waals surface area contributed by atoms with Crippen molar-refractivity contribution in [2.45, 2.75) is 51.7 Å². The van der Waals surface area contributed by atoms with Crippen molar-refractivity contribution in [1.82, 2.24) is 0 Å². The van der Waals surface area contributed by atoms with Gasteiger partial charge in [0.05, 0.1) is 11.1 Å². The SMILES string of the molecule is CC(OC(=O)c1ccccc1)C1CCC(C(C)OC(=O)c2ccccc2)CC1. The number of hydrogen-bond donors (Lipinski definition) is 0. The van der Waals surface area contributed by atoms with Gasteiger partial charge in [-0.2, -0.15) is 0 Å². The van der Waals surface area contributed by atoms with E-state index < -0.39 is 0 Å². The highest BCUT2D eigenvalue weighted by Crippen LogP contribution is 2.35. The minimum atomic E-state index is -0.264. The van der Waals surface area contributed by atoms with Crippen LogP contribution in [-0.4, -0.2) is 24.1 Å². The number of esters is 2. The maximum atomic E-state index is 12.2. The van der Waals surface area contributed by atoms with Crippen LogP contribution in [0.5, 0.6) is 0 Å². The maximum Gasteiger partial charge on any atom is 0.338 e. The summed E-state index contributed by atoms with van der Waals surface area (Å²) in [6.07, 6.45) is 3.66. The van der Waals surface area contributed by atoms with Crippen LogP contribution >= 0.6 is 0 Å². The Hall–Kier alpha value is -2.62. The van der Waals surface area contributed by atoms with Crippen molar-refractivity contribution < 1.29 is 19.1 Å². The number of hydrogen-bond acceptors (Lipinski definition) is 4. The van der Waals surface area contributed by atoms with E-state index in [1.807, 2.05) is 50.2 Å². The molecule has 2 aromatic rings. The van der Waals surface area contributed by atoms with Crippen molar-refractivity contribution in [2.24, 2.45) is 11.8 Å². The quantitative estimate of drug-likeness (QED) is 0.640. The minimum Gasteiger partial charge on any atom is -0.459 e. The van der Waals surface area contributed by atoms with E-state index >= 15 is 0 Å². The standard InChI is InChI=1S/C24H28O4/c1-17(27-23(25)21-9-5-3-6-10-21)19-13-15-20(16-14-19)18(2)28-24(26)22-11-7-4-8-12-22/h3-12,17-20H,13-16H2,1-2H3. The molecule has 1 aliphatic rings. The Kier molecular flexibility index (Phi) is 6.85. The molecular formula is C24H28O4. The van der Waals surface area contributed by atoms with Crippen molar-refractivity contribution >= 4 is 11.9 Å². The van der Waals surface area contributed by atoms with Gasteiger partial charge in [-0.1, -0.05) is 36.4 Å². The van der Waals surface area contributed by atoms with Gasteiger partial charge in [0.1, 0.15) is 12.2 Å². The Morgan fingerprint density at radius 3 is 1.32 bits per heavy atom. The molecule has 148 valence electrons. The lowest BCUT2D eigenvalue weighted by Crippen LogP contribution is -2.32. The second kappa shape index (κ2) is 9.54. The molecule has 2 unspecified atom stereocenters. The molecule has 2 atom stereocenters. The third kappa shape index (κ3) is 5.22. The van der Waals surface area contributed by atoms with Gasteiger partial charge < -0.3 is 9.47 Å². The van der Waals surface area contributed by atoms with Gasteiger partial charge in [0.2, 0.25) is 0 Å². The lowest BCUT2D eigenvalue weighted by atomic mass is 9.77. The molecule has 0 N–H and O–H groups in total. The molecule has 0 spiro atoms. The Morgan fingerprint density at radius 2 is 1.00 bits per heavy atom.